The average molecular weight is 724 g/mol. The molecule has 0 amide bonds. The van der Waals surface area contributed by atoms with Gasteiger partial charge in [-0.15, -0.1) is 0 Å². The van der Waals surface area contributed by atoms with Crippen LogP contribution >= 0.6 is 0 Å². The summed E-state index contributed by atoms with van der Waals surface area (Å²) in [5, 5.41) is 19.8. The molecule has 6 rings (SSSR count). The van der Waals surface area contributed by atoms with Crippen LogP contribution in [-0.4, -0.2) is 76.3 Å². The van der Waals surface area contributed by atoms with Crippen molar-refractivity contribution in [2.45, 2.75) is 44.0 Å². The Morgan fingerprint density at radius 1 is 0.863 bits per heavy atom. The highest BCUT2D eigenvalue weighted by molar-refractivity contribution is 5.47. The smallest absolute Gasteiger partial charge is 0.381 e. The monoisotopic (exact) mass is 723 g/mol. The Morgan fingerprint density at radius 2 is 1.55 bits per heavy atom. The van der Waals surface area contributed by atoms with Crippen molar-refractivity contribution in [3.63, 3.8) is 0 Å². The molecule has 1 aliphatic rings. The number of benzene rings is 2. The van der Waals surface area contributed by atoms with Crippen LogP contribution in [0.3, 0.4) is 0 Å². The van der Waals surface area contributed by atoms with Crippen molar-refractivity contribution in [3.8, 4) is 5.82 Å². The van der Waals surface area contributed by atoms with E-state index in [-0.39, 0.29) is 24.0 Å². The molecule has 0 unspecified atom stereocenters. The normalized spacial score (nSPS) is 16.3. The topological polar surface area (TPSA) is 110 Å². The van der Waals surface area contributed by atoms with Gasteiger partial charge in [0, 0.05) is 43.9 Å². The van der Waals surface area contributed by atoms with Gasteiger partial charge >= 0.3 is 18.0 Å². The van der Waals surface area contributed by atoms with Crippen molar-refractivity contribution in [3.05, 3.63) is 118 Å². The zero-order valence-corrected chi connectivity index (χ0v) is 26.7. The summed E-state index contributed by atoms with van der Waals surface area (Å²) in [5.74, 6) is -1.57. The van der Waals surface area contributed by atoms with Gasteiger partial charge in [0.15, 0.2) is 0 Å². The van der Waals surface area contributed by atoms with Crippen molar-refractivity contribution < 1.29 is 40.2 Å². The van der Waals surface area contributed by atoms with E-state index in [0.29, 0.717) is 50.1 Å². The molecule has 0 radical (unpaired) electrons. The molecule has 1 aliphatic heterocycles. The Balaban J connectivity index is 1.15. The third-order valence-corrected chi connectivity index (χ3v) is 8.88. The third kappa shape index (κ3) is 7.48. The molecule has 0 bridgehead atoms. The van der Waals surface area contributed by atoms with Crippen molar-refractivity contribution in [2.75, 3.05) is 31.1 Å². The number of nitrogens with zero attached hydrogens (tertiary/aromatic N) is 9. The number of alkyl halides is 6. The maximum Gasteiger partial charge on any atom is 0.416 e. The number of piperazine rings is 1. The summed E-state index contributed by atoms with van der Waals surface area (Å²) in [6, 6.07) is 6.63. The minimum Gasteiger partial charge on any atom is -0.381 e. The molecule has 4 heterocycles. The summed E-state index contributed by atoms with van der Waals surface area (Å²) >= 11 is 0. The molecule has 0 saturated carbocycles. The van der Waals surface area contributed by atoms with Crippen molar-refractivity contribution >= 4 is 5.69 Å². The van der Waals surface area contributed by atoms with E-state index >= 15 is 0 Å². The molecule has 270 valence electrons. The molecular weight excluding hydrogens is 694 g/mol. The van der Waals surface area contributed by atoms with E-state index in [2.05, 4.69) is 20.2 Å². The van der Waals surface area contributed by atoms with E-state index < -0.39 is 64.6 Å². The van der Waals surface area contributed by atoms with E-state index in [1.807, 2.05) is 9.80 Å². The van der Waals surface area contributed by atoms with Gasteiger partial charge in [0.2, 0.25) is 0 Å². The van der Waals surface area contributed by atoms with E-state index in [1.54, 1.807) is 13.0 Å². The van der Waals surface area contributed by atoms with Gasteiger partial charge in [-0.2, -0.15) is 36.5 Å². The Morgan fingerprint density at radius 3 is 2.12 bits per heavy atom. The summed E-state index contributed by atoms with van der Waals surface area (Å²) in [6.07, 6.45) is -4.85. The molecule has 2 atom stereocenters. The fourth-order valence-corrected chi connectivity index (χ4v) is 6.11. The van der Waals surface area contributed by atoms with Crippen LogP contribution < -0.4 is 10.6 Å². The lowest BCUT2D eigenvalue weighted by Gasteiger charge is -2.45. The van der Waals surface area contributed by atoms with E-state index in [9.17, 15) is 45.0 Å². The molecule has 0 aliphatic carbocycles. The van der Waals surface area contributed by atoms with Gasteiger partial charge in [-0.05, 0) is 48.9 Å². The van der Waals surface area contributed by atoms with Crippen molar-refractivity contribution in [1.29, 1.82) is 0 Å². The van der Waals surface area contributed by atoms with Gasteiger partial charge in [-0.1, -0.05) is 6.07 Å². The lowest BCUT2D eigenvalue weighted by Crippen LogP contribution is -2.57. The van der Waals surface area contributed by atoms with Gasteiger partial charge in [0.25, 0.3) is 0 Å². The largest absolute Gasteiger partial charge is 0.416 e. The van der Waals surface area contributed by atoms with Crippen LogP contribution in [0.4, 0.5) is 40.8 Å². The van der Waals surface area contributed by atoms with Gasteiger partial charge in [0.05, 0.1) is 36.1 Å². The maximum absolute atomic E-state index is 15.0. The highest BCUT2D eigenvalue weighted by Crippen LogP contribution is 2.37. The molecule has 1 N–H and O–H groups in total. The minimum absolute atomic E-state index is 0.00650. The SMILES string of the molecule is C[C@@H](N1CCN(c2ccc(-n3cnn(Cc4cc(C(F)(F)F)cc(C(F)(F)F)c4)c3=O)nc2)CC1)[C@](O)(Cn1cncn1)c1ccc(F)cc1F. The van der Waals surface area contributed by atoms with Crippen LogP contribution in [0.25, 0.3) is 5.82 Å². The van der Waals surface area contributed by atoms with E-state index in [4.69, 9.17) is 0 Å². The first kappa shape index (κ1) is 35.6. The van der Waals surface area contributed by atoms with Crippen LogP contribution in [0.1, 0.15) is 29.2 Å². The molecule has 5 aromatic rings. The number of aliphatic hydroxyl groups is 1. The number of hydrogen-bond acceptors (Lipinski definition) is 8. The summed E-state index contributed by atoms with van der Waals surface area (Å²) < 4.78 is 112. The second kappa shape index (κ2) is 13.5. The summed E-state index contributed by atoms with van der Waals surface area (Å²) in [7, 11) is 0. The summed E-state index contributed by atoms with van der Waals surface area (Å²) in [5.41, 5.74) is -5.48. The Hall–Kier alpha value is -5.17. The minimum atomic E-state index is -5.04. The first-order chi connectivity index (χ1) is 24.0. The zero-order valence-electron chi connectivity index (χ0n) is 26.7. The molecule has 1 saturated heterocycles. The van der Waals surface area contributed by atoms with E-state index in [1.165, 1.54) is 35.7 Å². The molecule has 19 heteroatoms. The molecular formula is C32H29F8N9O2. The second-order valence-electron chi connectivity index (χ2n) is 12.1. The van der Waals surface area contributed by atoms with Crippen LogP contribution in [0, 0.1) is 11.6 Å². The highest BCUT2D eigenvalue weighted by atomic mass is 19.4. The first-order valence-electron chi connectivity index (χ1n) is 15.4. The Kier molecular flexibility index (Phi) is 9.45. The van der Waals surface area contributed by atoms with Gasteiger partial charge in [-0.3, -0.25) is 4.90 Å². The average Bonchev–Trinajstić information content (AvgIpc) is 3.72. The lowest BCUT2D eigenvalue weighted by atomic mass is 9.85. The predicted molar refractivity (Wildman–Crippen MR) is 165 cm³/mol. The van der Waals surface area contributed by atoms with Crippen molar-refractivity contribution in [2.24, 2.45) is 0 Å². The fraction of sp³-hybridized carbons (Fsp3) is 0.344. The van der Waals surface area contributed by atoms with Gasteiger partial charge in [0.1, 0.15) is 42.0 Å². The number of hydrogen-bond donors (Lipinski definition) is 1. The molecule has 51 heavy (non-hydrogen) atoms. The van der Waals surface area contributed by atoms with E-state index in [0.717, 1.165) is 21.6 Å². The van der Waals surface area contributed by atoms with Crippen LogP contribution in [-0.2, 0) is 31.0 Å². The summed E-state index contributed by atoms with van der Waals surface area (Å²) in [6.45, 7) is 2.74. The Labute approximate surface area is 284 Å². The van der Waals surface area contributed by atoms with Crippen LogP contribution in [0.2, 0.25) is 0 Å². The molecule has 0 spiro atoms. The number of halogens is 8. The maximum atomic E-state index is 15.0. The fourth-order valence-electron chi connectivity index (χ4n) is 6.11. The molecule has 3 aromatic heterocycles. The highest BCUT2D eigenvalue weighted by Gasteiger charge is 2.43. The predicted octanol–water partition coefficient (Wildman–Crippen LogP) is 4.48. The number of pyridine rings is 1. The molecule has 11 nitrogen and oxygen atoms in total. The zero-order chi connectivity index (χ0) is 36.7. The summed E-state index contributed by atoms with van der Waals surface area (Å²) in [4.78, 5) is 25.2. The number of aromatic nitrogens is 7. The second-order valence-corrected chi connectivity index (χ2v) is 12.1. The lowest BCUT2D eigenvalue weighted by molar-refractivity contribution is -0.143. The van der Waals surface area contributed by atoms with Crippen molar-refractivity contribution in [1.82, 2.24) is 39.0 Å². The van der Waals surface area contributed by atoms with Gasteiger partial charge in [-0.25, -0.2) is 37.5 Å². The standard InChI is InChI=1S/C32H29F8N9O2/c1-20(30(51,16-47-18-41-17-43-47)26-4-2-24(33)13-27(26)34)45-6-8-46(9-7-45)25-3-5-28(42-14-25)48-19-44-49(29(48)50)15-21-10-22(31(35,36)37)12-23(11-21)32(38,39)40/h2-5,10-14,17-20,51H,6-9,15-16H2,1H3/t20-,30-/m1/s1. The quantitative estimate of drug-likeness (QED) is 0.222. The van der Waals surface area contributed by atoms with Crippen LogP contribution in [0.15, 0.2) is 78.5 Å². The van der Waals surface area contributed by atoms with Crippen LogP contribution in [0.5, 0.6) is 0 Å². The third-order valence-electron chi connectivity index (χ3n) is 8.88. The molecule has 1 fully saturated rings. The molecule has 2 aromatic carbocycles. The first-order valence-corrected chi connectivity index (χ1v) is 15.4. The Bertz CT molecular complexity index is 2010. The van der Waals surface area contributed by atoms with Gasteiger partial charge < -0.3 is 10.0 Å². The number of rotatable bonds is 9. The number of anilines is 1.